The van der Waals surface area contributed by atoms with E-state index in [2.05, 4.69) is 19.7 Å². The summed E-state index contributed by atoms with van der Waals surface area (Å²) in [5, 5.41) is 2.76. The number of nitrogens with one attached hydrogen (secondary N) is 2. The van der Waals surface area contributed by atoms with Crippen molar-refractivity contribution in [3.05, 3.63) is 42.5 Å². The predicted molar refractivity (Wildman–Crippen MR) is 122 cm³/mol. The highest BCUT2D eigenvalue weighted by molar-refractivity contribution is 7.92. The number of hydrogen-bond acceptors (Lipinski definition) is 7. The number of anilines is 3. The zero-order chi connectivity index (χ0) is 23.1. The van der Waals surface area contributed by atoms with E-state index >= 15 is 0 Å². The summed E-state index contributed by atoms with van der Waals surface area (Å²) >= 11 is 0. The molecule has 2 aromatic carbocycles. The maximum absolute atomic E-state index is 13.0. The van der Waals surface area contributed by atoms with Crippen LogP contribution in [0.1, 0.15) is 25.7 Å². The average molecular weight is 462 g/mol. The highest BCUT2D eigenvalue weighted by atomic mass is 32.2. The summed E-state index contributed by atoms with van der Waals surface area (Å²) in [6, 6.07) is 11.2. The summed E-state index contributed by atoms with van der Waals surface area (Å²) in [5.74, 6) is -0.270. The smallest absolute Gasteiger partial charge is 0.306 e. The van der Waals surface area contributed by atoms with E-state index in [0.717, 1.165) is 31.6 Å². The Morgan fingerprint density at radius 1 is 1.00 bits per heavy atom. The van der Waals surface area contributed by atoms with Gasteiger partial charge in [-0.2, -0.15) is 0 Å². The number of esters is 1. The van der Waals surface area contributed by atoms with Gasteiger partial charge >= 0.3 is 5.97 Å². The molecule has 0 radical (unpaired) electrons. The fourth-order valence-corrected chi connectivity index (χ4v) is 4.50. The molecule has 1 saturated heterocycles. The summed E-state index contributed by atoms with van der Waals surface area (Å²) in [6.45, 7) is 1.64. The Kier molecular flexibility index (Phi) is 7.57. The summed E-state index contributed by atoms with van der Waals surface area (Å²) in [5.41, 5.74) is 1.52. The molecule has 0 atom stereocenters. The molecule has 0 bridgehead atoms. The zero-order valence-corrected chi connectivity index (χ0v) is 18.9. The predicted octanol–water partition coefficient (Wildman–Crippen LogP) is 2.99. The van der Waals surface area contributed by atoms with Gasteiger partial charge in [-0.1, -0.05) is 0 Å². The summed E-state index contributed by atoms with van der Waals surface area (Å²) in [4.78, 5) is 25.9. The zero-order valence-electron chi connectivity index (χ0n) is 18.1. The van der Waals surface area contributed by atoms with Gasteiger partial charge in [0, 0.05) is 25.2 Å². The fourth-order valence-electron chi connectivity index (χ4n) is 3.42. The van der Waals surface area contributed by atoms with Crippen LogP contribution in [0.2, 0.25) is 0 Å². The van der Waals surface area contributed by atoms with Crippen LogP contribution < -0.4 is 19.7 Å². The lowest BCUT2D eigenvalue weighted by Gasteiger charge is -2.22. The van der Waals surface area contributed by atoms with Gasteiger partial charge in [-0.25, -0.2) is 8.42 Å². The topological polar surface area (TPSA) is 114 Å². The number of hydrogen-bond donors (Lipinski definition) is 2. The van der Waals surface area contributed by atoms with Gasteiger partial charge in [0.05, 0.1) is 36.9 Å². The Bertz CT molecular complexity index is 1060. The van der Waals surface area contributed by atoms with Crippen LogP contribution in [-0.2, 0) is 24.3 Å². The van der Waals surface area contributed by atoms with E-state index < -0.39 is 21.9 Å². The number of carbonyl (C=O) groups is 2. The van der Waals surface area contributed by atoms with Crippen LogP contribution in [0.4, 0.5) is 17.1 Å². The van der Waals surface area contributed by atoms with Crippen LogP contribution in [-0.4, -0.2) is 47.6 Å². The lowest BCUT2D eigenvalue weighted by molar-refractivity contribution is -0.141. The second kappa shape index (κ2) is 10.4. The van der Waals surface area contributed by atoms with Crippen molar-refractivity contribution in [2.45, 2.75) is 30.6 Å². The number of methoxy groups -OCH3 is 2. The molecule has 2 aromatic rings. The molecule has 0 unspecified atom stereocenters. The van der Waals surface area contributed by atoms with Crippen LogP contribution in [0.15, 0.2) is 47.4 Å². The van der Waals surface area contributed by atoms with E-state index in [9.17, 15) is 18.0 Å². The van der Waals surface area contributed by atoms with Crippen LogP contribution in [0, 0.1) is 0 Å². The van der Waals surface area contributed by atoms with Gasteiger partial charge in [-0.15, -0.1) is 0 Å². The van der Waals surface area contributed by atoms with Gasteiger partial charge < -0.3 is 19.7 Å². The average Bonchev–Trinajstić information content (AvgIpc) is 3.32. The third-order valence-corrected chi connectivity index (χ3v) is 6.50. The summed E-state index contributed by atoms with van der Waals surface area (Å²) in [6.07, 6.45) is 1.93. The lowest BCUT2D eigenvalue weighted by atomic mass is 10.2. The molecule has 0 saturated carbocycles. The number of ether oxygens (including phenoxy) is 2. The molecule has 0 aromatic heterocycles. The minimum atomic E-state index is -3.90. The molecule has 1 aliphatic heterocycles. The van der Waals surface area contributed by atoms with Crippen LogP contribution in [0.5, 0.6) is 5.75 Å². The molecule has 1 heterocycles. The van der Waals surface area contributed by atoms with Crippen LogP contribution >= 0.6 is 0 Å². The van der Waals surface area contributed by atoms with Crippen molar-refractivity contribution in [2.75, 3.05) is 42.2 Å². The monoisotopic (exact) mass is 461 g/mol. The molecular weight excluding hydrogens is 434 g/mol. The lowest BCUT2D eigenvalue weighted by Crippen LogP contribution is -2.22. The first-order chi connectivity index (χ1) is 15.3. The number of carbonyl (C=O) groups excluding carboxylic acids is 2. The highest BCUT2D eigenvalue weighted by Gasteiger charge is 2.22. The van der Waals surface area contributed by atoms with Gasteiger partial charge in [-0.3, -0.25) is 14.3 Å². The number of sulfonamides is 1. The number of nitrogens with zero attached hydrogens (tertiary/aromatic N) is 1. The largest absolute Gasteiger partial charge is 0.497 e. The Labute approximate surface area is 187 Å². The Balaban J connectivity index is 1.84. The molecule has 0 spiro atoms. The number of rotatable bonds is 9. The maximum atomic E-state index is 13.0. The normalized spacial score (nSPS) is 13.5. The standard InChI is InChI=1S/C22H27N3O6S/c1-30-17-7-5-16(6-8-17)24-32(28,29)18-9-10-20(25-13-3-4-14-25)19(15-18)23-21(26)11-12-22(27)31-2/h5-10,15,24H,3-4,11-14H2,1-2H3,(H,23,26). The van der Waals surface area contributed by atoms with Gasteiger partial charge in [0.25, 0.3) is 10.0 Å². The van der Waals surface area contributed by atoms with Gasteiger partial charge in [0.2, 0.25) is 5.91 Å². The molecule has 9 nitrogen and oxygen atoms in total. The van der Waals surface area contributed by atoms with E-state index in [-0.39, 0.29) is 17.7 Å². The van der Waals surface area contributed by atoms with Crippen molar-refractivity contribution in [3.8, 4) is 5.75 Å². The fraction of sp³-hybridized carbons (Fsp3) is 0.364. The van der Waals surface area contributed by atoms with E-state index in [1.54, 1.807) is 30.3 Å². The molecule has 0 aliphatic carbocycles. The SMILES string of the molecule is COC(=O)CCC(=O)Nc1cc(S(=O)(=O)Nc2ccc(OC)cc2)ccc1N1CCCC1. The third kappa shape index (κ3) is 5.91. The molecule has 1 aliphatic rings. The van der Waals surface area contributed by atoms with Crippen molar-refractivity contribution >= 4 is 39.0 Å². The Hall–Kier alpha value is -3.27. The second-order valence-electron chi connectivity index (χ2n) is 7.33. The summed E-state index contributed by atoms with van der Waals surface area (Å²) < 4.78 is 38.1. The molecule has 3 rings (SSSR count). The number of benzene rings is 2. The minimum absolute atomic E-state index is 0.0135. The second-order valence-corrected chi connectivity index (χ2v) is 9.01. The number of amides is 1. The van der Waals surface area contributed by atoms with Crippen molar-refractivity contribution in [1.82, 2.24) is 0 Å². The first kappa shape index (κ1) is 23.4. The first-order valence-electron chi connectivity index (χ1n) is 10.2. The highest BCUT2D eigenvalue weighted by Crippen LogP contribution is 2.32. The summed E-state index contributed by atoms with van der Waals surface area (Å²) in [7, 11) is -1.11. The molecule has 1 fully saturated rings. The van der Waals surface area contributed by atoms with E-state index in [4.69, 9.17) is 4.74 Å². The first-order valence-corrected chi connectivity index (χ1v) is 11.7. The van der Waals surface area contributed by atoms with E-state index in [0.29, 0.717) is 17.1 Å². The maximum Gasteiger partial charge on any atom is 0.306 e. The van der Waals surface area contributed by atoms with Gasteiger partial charge in [0.15, 0.2) is 0 Å². The molecule has 1 amide bonds. The van der Waals surface area contributed by atoms with Gasteiger partial charge in [0.1, 0.15) is 5.75 Å². The van der Waals surface area contributed by atoms with Crippen LogP contribution in [0.25, 0.3) is 0 Å². The third-order valence-electron chi connectivity index (χ3n) is 5.13. The van der Waals surface area contributed by atoms with E-state index in [1.165, 1.54) is 26.4 Å². The van der Waals surface area contributed by atoms with Gasteiger partial charge in [-0.05, 0) is 55.3 Å². The van der Waals surface area contributed by atoms with E-state index in [1.807, 2.05) is 0 Å². The molecule has 32 heavy (non-hydrogen) atoms. The Morgan fingerprint density at radius 3 is 2.31 bits per heavy atom. The van der Waals surface area contributed by atoms with Crippen molar-refractivity contribution in [1.29, 1.82) is 0 Å². The van der Waals surface area contributed by atoms with Crippen molar-refractivity contribution in [2.24, 2.45) is 0 Å². The Morgan fingerprint density at radius 2 is 1.69 bits per heavy atom. The minimum Gasteiger partial charge on any atom is -0.497 e. The van der Waals surface area contributed by atoms with Crippen molar-refractivity contribution in [3.63, 3.8) is 0 Å². The molecule has 172 valence electrons. The van der Waals surface area contributed by atoms with Crippen molar-refractivity contribution < 1.29 is 27.5 Å². The van der Waals surface area contributed by atoms with Crippen LogP contribution in [0.3, 0.4) is 0 Å². The molecule has 10 heteroatoms. The molecular formula is C22H27N3O6S. The molecule has 2 N–H and O–H groups in total. The quantitative estimate of drug-likeness (QED) is 0.552.